The van der Waals surface area contributed by atoms with E-state index in [1.807, 2.05) is 12.2 Å². The Kier molecular flexibility index (Phi) is 3.32. The van der Waals surface area contributed by atoms with Gasteiger partial charge in [0.25, 0.3) is 0 Å². The number of hydrogen-bond acceptors (Lipinski definition) is 1. The van der Waals surface area contributed by atoms with Crippen LogP contribution < -0.4 is 0 Å². The SMILES string of the molecule is CCC1=CC=C(OCF)C(C)C1. The molecule has 0 aromatic rings. The van der Waals surface area contributed by atoms with Crippen molar-refractivity contribution in [3.63, 3.8) is 0 Å². The van der Waals surface area contributed by atoms with E-state index in [9.17, 15) is 4.39 Å². The third-order valence-electron chi connectivity index (χ3n) is 2.21. The lowest BCUT2D eigenvalue weighted by Crippen LogP contribution is -2.07. The molecule has 1 aliphatic rings. The molecule has 0 N–H and O–H groups in total. The predicted octanol–water partition coefficient (Wildman–Crippen LogP) is 3.19. The summed E-state index contributed by atoms with van der Waals surface area (Å²) < 4.78 is 16.7. The minimum atomic E-state index is -0.717. The minimum Gasteiger partial charge on any atom is -0.467 e. The number of hydrogen-bond donors (Lipinski definition) is 0. The van der Waals surface area contributed by atoms with Gasteiger partial charge in [-0.2, -0.15) is 0 Å². The molecule has 0 aliphatic heterocycles. The van der Waals surface area contributed by atoms with Gasteiger partial charge in [-0.25, -0.2) is 4.39 Å². The van der Waals surface area contributed by atoms with E-state index in [4.69, 9.17) is 4.74 Å². The molecule has 2 heteroatoms. The van der Waals surface area contributed by atoms with E-state index in [1.165, 1.54) is 5.57 Å². The normalized spacial score (nSPS) is 23.1. The molecule has 12 heavy (non-hydrogen) atoms. The average molecular weight is 170 g/mol. The maximum absolute atomic E-state index is 11.8. The van der Waals surface area contributed by atoms with Gasteiger partial charge >= 0.3 is 0 Å². The van der Waals surface area contributed by atoms with Crippen LogP contribution in [0.3, 0.4) is 0 Å². The van der Waals surface area contributed by atoms with Crippen molar-refractivity contribution in [2.75, 3.05) is 6.86 Å². The standard InChI is InChI=1S/C10H15FO/c1-3-9-4-5-10(12-7-11)8(2)6-9/h4-5,8H,3,6-7H2,1-2H3. The third kappa shape index (κ3) is 2.10. The first-order chi connectivity index (χ1) is 5.77. The van der Waals surface area contributed by atoms with Crippen molar-refractivity contribution in [3.05, 3.63) is 23.5 Å². The molecule has 0 bridgehead atoms. The van der Waals surface area contributed by atoms with Gasteiger partial charge in [-0.1, -0.05) is 25.5 Å². The molecule has 0 heterocycles. The first kappa shape index (κ1) is 9.30. The maximum atomic E-state index is 11.8. The van der Waals surface area contributed by atoms with E-state index in [0.717, 1.165) is 18.6 Å². The Morgan fingerprint density at radius 1 is 1.58 bits per heavy atom. The Hall–Kier alpha value is -0.790. The Morgan fingerprint density at radius 3 is 2.83 bits per heavy atom. The second-order valence-corrected chi connectivity index (χ2v) is 3.11. The van der Waals surface area contributed by atoms with Gasteiger partial charge in [0.15, 0.2) is 0 Å². The fraction of sp³-hybridized carbons (Fsp3) is 0.600. The first-order valence-electron chi connectivity index (χ1n) is 4.36. The quantitative estimate of drug-likeness (QED) is 0.632. The van der Waals surface area contributed by atoms with Crippen LogP contribution in [0.4, 0.5) is 4.39 Å². The Morgan fingerprint density at radius 2 is 2.33 bits per heavy atom. The molecule has 0 radical (unpaired) electrons. The van der Waals surface area contributed by atoms with Crippen LogP contribution in [0, 0.1) is 5.92 Å². The third-order valence-corrected chi connectivity index (χ3v) is 2.21. The van der Waals surface area contributed by atoms with Crippen molar-refractivity contribution in [2.24, 2.45) is 5.92 Å². The molecular formula is C10H15FO. The molecule has 0 saturated heterocycles. The van der Waals surface area contributed by atoms with Crippen molar-refractivity contribution in [1.82, 2.24) is 0 Å². The summed E-state index contributed by atoms with van der Waals surface area (Å²) in [5, 5.41) is 0. The highest BCUT2D eigenvalue weighted by atomic mass is 19.1. The van der Waals surface area contributed by atoms with Crippen LogP contribution in [0.5, 0.6) is 0 Å². The fourth-order valence-electron chi connectivity index (χ4n) is 1.44. The van der Waals surface area contributed by atoms with E-state index in [2.05, 4.69) is 13.8 Å². The van der Waals surface area contributed by atoms with Crippen LogP contribution in [0.1, 0.15) is 26.7 Å². The average Bonchev–Trinajstić information content (AvgIpc) is 2.09. The molecule has 1 nitrogen and oxygen atoms in total. The fourth-order valence-corrected chi connectivity index (χ4v) is 1.44. The first-order valence-corrected chi connectivity index (χ1v) is 4.36. The lowest BCUT2D eigenvalue weighted by Gasteiger charge is -2.19. The molecule has 1 atom stereocenters. The highest BCUT2D eigenvalue weighted by Crippen LogP contribution is 2.26. The molecule has 0 amide bonds. The van der Waals surface area contributed by atoms with Crippen LogP contribution in [0.25, 0.3) is 0 Å². The second kappa shape index (κ2) is 4.29. The zero-order valence-electron chi connectivity index (χ0n) is 7.64. The lowest BCUT2D eigenvalue weighted by molar-refractivity contribution is 0.0954. The molecule has 0 aromatic heterocycles. The highest BCUT2D eigenvalue weighted by molar-refractivity contribution is 5.22. The number of halogens is 1. The molecule has 0 saturated carbocycles. The summed E-state index contributed by atoms with van der Waals surface area (Å²) in [5.74, 6) is 1.11. The summed E-state index contributed by atoms with van der Waals surface area (Å²) in [6, 6.07) is 0. The van der Waals surface area contributed by atoms with Crippen LogP contribution in [0.2, 0.25) is 0 Å². The van der Waals surface area contributed by atoms with Gasteiger partial charge in [0.2, 0.25) is 6.86 Å². The number of alkyl halides is 1. The number of rotatable bonds is 3. The molecule has 0 spiro atoms. The summed E-state index contributed by atoms with van der Waals surface area (Å²) in [4.78, 5) is 0. The van der Waals surface area contributed by atoms with Gasteiger partial charge in [-0.3, -0.25) is 0 Å². The van der Waals surface area contributed by atoms with E-state index >= 15 is 0 Å². The highest BCUT2D eigenvalue weighted by Gasteiger charge is 2.14. The van der Waals surface area contributed by atoms with Gasteiger partial charge in [0, 0.05) is 5.92 Å². The summed E-state index contributed by atoms with van der Waals surface area (Å²) in [5.41, 5.74) is 1.41. The second-order valence-electron chi connectivity index (χ2n) is 3.11. The molecular weight excluding hydrogens is 155 g/mol. The molecule has 0 fully saturated rings. The van der Waals surface area contributed by atoms with E-state index in [0.29, 0.717) is 5.92 Å². The van der Waals surface area contributed by atoms with E-state index in [1.54, 1.807) is 0 Å². The summed E-state index contributed by atoms with van der Waals surface area (Å²) in [7, 11) is 0. The number of ether oxygens (including phenoxy) is 1. The smallest absolute Gasteiger partial charge is 0.228 e. The lowest BCUT2D eigenvalue weighted by atomic mass is 9.93. The largest absolute Gasteiger partial charge is 0.467 e. The van der Waals surface area contributed by atoms with Gasteiger partial charge in [0.05, 0.1) is 0 Å². The number of allylic oxidation sites excluding steroid dienone is 4. The maximum Gasteiger partial charge on any atom is 0.228 e. The van der Waals surface area contributed by atoms with Gasteiger partial charge in [0.1, 0.15) is 5.76 Å². The molecule has 1 rings (SSSR count). The predicted molar refractivity (Wildman–Crippen MR) is 47.3 cm³/mol. The Bertz CT molecular complexity index is 206. The Labute approximate surface area is 72.9 Å². The zero-order chi connectivity index (χ0) is 8.97. The summed E-state index contributed by atoms with van der Waals surface area (Å²) in [6.45, 7) is 3.48. The van der Waals surface area contributed by atoms with Crippen molar-refractivity contribution < 1.29 is 9.13 Å². The minimum absolute atomic E-state index is 0.334. The molecule has 0 aromatic carbocycles. The molecule has 1 aliphatic carbocycles. The monoisotopic (exact) mass is 170 g/mol. The molecule has 1 unspecified atom stereocenters. The van der Waals surface area contributed by atoms with Crippen LogP contribution in [-0.2, 0) is 4.74 Å². The van der Waals surface area contributed by atoms with Gasteiger partial charge < -0.3 is 4.74 Å². The van der Waals surface area contributed by atoms with Crippen molar-refractivity contribution >= 4 is 0 Å². The van der Waals surface area contributed by atoms with Gasteiger partial charge in [-0.05, 0) is 18.9 Å². The van der Waals surface area contributed by atoms with Crippen LogP contribution in [-0.4, -0.2) is 6.86 Å². The van der Waals surface area contributed by atoms with Crippen molar-refractivity contribution in [3.8, 4) is 0 Å². The van der Waals surface area contributed by atoms with Crippen LogP contribution in [0.15, 0.2) is 23.5 Å². The van der Waals surface area contributed by atoms with E-state index < -0.39 is 6.86 Å². The van der Waals surface area contributed by atoms with Crippen molar-refractivity contribution in [1.29, 1.82) is 0 Å². The molecule has 68 valence electrons. The van der Waals surface area contributed by atoms with E-state index in [-0.39, 0.29) is 0 Å². The topological polar surface area (TPSA) is 9.23 Å². The van der Waals surface area contributed by atoms with Crippen molar-refractivity contribution in [2.45, 2.75) is 26.7 Å². The van der Waals surface area contributed by atoms with Crippen LogP contribution >= 0.6 is 0 Å². The Balaban J connectivity index is 2.62. The zero-order valence-corrected chi connectivity index (χ0v) is 7.64. The summed E-state index contributed by atoms with van der Waals surface area (Å²) >= 11 is 0. The summed E-state index contributed by atoms with van der Waals surface area (Å²) in [6.07, 6.45) is 5.99. The van der Waals surface area contributed by atoms with Gasteiger partial charge in [-0.15, -0.1) is 0 Å².